The van der Waals surface area contributed by atoms with Gasteiger partial charge in [0.2, 0.25) is 0 Å². The molecule has 0 saturated heterocycles. The van der Waals surface area contributed by atoms with Gasteiger partial charge in [0.1, 0.15) is 17.3 Å². The molecule has 7 heteroatoms. The number of hydrogen-bond donors (Lipinski definition) is 1. The van der Waals surface area contributed by atoms with E-state index in [0.29, 0.717) is 0 Å². The third-order valence-electron chi connectivity index (χ3n) is 2.97. The summed E-state index contributed by atoms with van der Waals surface area (Å²) in [5.41, 5.74) is 1.02. The summed E-state index contributed by atoms with van der Waals surface area (Å²) in [6.07, 6.45) is 2.23. The van der Waals surface area contributed by atoms with Crippen molar-refractivity contribution in [2.45, 2.75) is 13.5 Å². The molecule has 120 valence electrons. The van der Waals surface area contributed by atoms with Gasteiger partial charge in [-0.2, -0.15) is 5.10 Å². The number of aliphatic hydroxyl groups is 1. The minimum Gasteiger partial charge on any atom is -0.506 e. The number of ketones is 1. The van der Waals surface area contributed by atoms with Gasteiger partial charge in [-0.3, -0.25) is 9.48 Å². The van der Waals surface area contributed by atoms with Crippen molar-refractivity contribution in [1.82, 2.24) is 9.78 Å². The third-order valence-corrected chi connectivity index (χ3v) is 2.97. The summed E-state index contributed by atoms with van der Waals surface area (Å²) >= 11 is 0. The second kappa shape index (κ2) is 7.35. The van der Waals surface area contributed by atoms with Crippen LogP contribution in [-0.2, 0) is 20.9 Å². The van der Waals surface area contributed by atoms with Crippen LogP contribution in [0.3, 0.4) is 0 Å². The second-order valence-corrected chi connectivity index (χ2v) is 4.61. The van der Waals surface area contributed by atoms with Crippen LogP contribution in [0, 0.1) is 5.82 Å². The normalized spacial score (nSPS) is 11.3. The molecular weight excluding hydrogens is 303 g/mol. The van der Waals surface area contributed by atoms with Crippen LogP contribution in [0.4, 0.5) is 4.39 Å². The molecule has 1 heterocycles. The highest BCUT2D eigenvalue weighted by Crippen LogP contribution is 2.13. The van der Waals surface area contributed by atoms with Gasteiger partial charge in [0, 0.05) is 12.3 Å². The van der Waals surface area contributed by atoms with Crippen LogP contribution >= 0.6 is 0 Å². The number of aliphatic hydroxyl groups excluding tert-OH is 1. The van der Waals surface area contributed by atoms with Gasteiger partial charge in [-0.1, -0.05) is 12.1 Å². The van der Waals surface area contributed by atoms with Gasteiger partial charge in [-0.05, 0) is 30.7 Å². The van der Waals surface area contributed by atoms with Crippen molar-refractivity contribution in [1.29, 1.82) is 0 Å². The Labute approximate surface area is 131 Å². The van der Waals surface area contributed by atoms with E-state index >= 15 is 0 Å². The van der Waals surface area contributed by atoms with E-state index in [9.17, 15) is 19.1 Å². The van der Waals surface area contributed by atoms with Crippen molar-refractivity contribution in [3.05, 3.63) is 59.7 Å². The van der Waals surface area contributed by atoms with Crippen LogP contribution in [0.1, 0.15) is 18.2 Å². The molecule has 0 amide bonds. The number of carbonyl (C=O) groups is 2. The van der Waals surface area contributed by atoms with E-state index < -0.39 is 17.5 Å². The lowest BCUT2D eigenvalue weighted by Crippen LogP contribution is -2.15. The Kier molecular flexibility index (Phi) is 5.24. The van der Waals surface area contributed by atoms with Crippen LogP contribution in [-0.4, -0.2) is 33.2 Å². The molecule has 1 N–H and O–H groups in total. The number of ether oxygens (including phenoxy) is 1. The zero-order valence-electron chi connectivity index (χ0n) is 12.4. The molecule has 2 aromatic rings. The van der Waals surface area contributed by atoms with E-state index in [2.05, 4.69) is 9.84 Å². The second-order valence-electron chi connectivity index (χ2n) is 4.61. The largest absolute Gasteiger partial charge is 0.506 e. The SMILES string of the molecule is CCOC(=O)C(=O)C=C(O)c1ccnn1Cc1ccc(F)cc1. The molecular formula is C16H15FN2O4. The van der Waals surface area contributed by atoms with Gasteiger partial charge in [-0.25, -0.2) is 9.18 Å². The first-order valence-electron chi connectivity index (χ1n) is 6.89. The first-order chi connectivity index (χ1) is 11.0. The van der Waals surface area contributed by atoms with Crippen molar-refractivity contribution in [3.63, 3.8) is 0 Å². The van der Waals surface area contributed by atoms with Crippen LogP contribution in [0.5, 0.6) is 0 Å². The van der Waals surface area contributed by atoms with Crippen molar-refractivity contribution in [2.24, 2.45) is 0 Å². The Bertz CT molecular complexity index is 735. The Morgan fingerprint density at radius 1 is 1.30 bits per heavy atom. The number of rotatable bonds is 6. The molecule has 0 unspecified atom stereocenters. The predicted octanol–water partition coefficient (Wildman–Crippen LogP) is 2.10. The fraction of sp³-hybridized carbons (Fsp3) is 0.188. The Hall–Kier alpha value is -2.96. The summed E-state index contributed by atoms with van der Waals surface area (Å²) < 4.78 is 18.9. The Balaban J connectivity index is 2.18. The number of aromatic nitrogens is 2. The zero-order chi connectivity index (χ0) is 16.8. The van der Waals surface area contributed by atoms with E-state index in [1.54, 1.807) is 19.1 Å². The van der Waals surface area contributed by atoms with Crippen molar-refractivity contribution in [2.75, 3.05) is 6.61 Å². The molecule has 0 atom stereocenters. The lowest BCUT2D eigenvalue weighted by Gasteiger charge is -2.07. The van der Waals surface area contributed by atoms with Crippen LogP contribution in [0.25, 0.3) is 5.76 Å². The molecule has 1 aromatic heterocycles. The van der Waals surface area contributed by atoms with E-state index in [4.69, 9.17) is 0 Å². The minimum absolute atomic E-state index is 0.0711. The highest BCUT2D eigenvalue weighted by atomic mass is 19.1. The molecule has 0 spiro atoms. The van der Waals surface area contributed by atoms with E-state index in [1.165, 1.54) is 29.1 Å². The molecule has 0 radical (unpaired) electrons. The molecule has 1 aromatic carbocycles. The fourth-order valence-electron chi connectivity index (χ4n) is 1.90. The van der Waals surface area contributed by atoms with Gasteiger partial charge in [-0.15, -0.1) is 0 Å². The van der Waals surface area contributed by atoms with Gasteiger partial charge in [0.15, 0.2) is 0 Å². The van der Waals surface area contributed by atoms with Crippen LogP contribution in [0.15, 0.2) is 42.6 Å². The van der Waals surface area contributed by atoms with Gasteiger partial charge in [0.25, 0.3) is 5.78 Å². The smallest absolute Gasteiger partial charge is 0.379 e. The lowest BCUT2D eigenvalue weighted by atomic mass is 10.2. The van der Waals surface area contributed by atoms with E-state index in [1.807, 2.05) is 0 Å². The number of esters is 1. The third kappa shape index (κ3) is 4.26. The number of carbonyl (C=O) groups excluding carboxylic acids is 2. The monoisotopic (exact) mass is 318 g/mol. The maximum absolute atomic E-state index is 12.9. The molecule has 0 fully saturated rings. The average molecular weight is 318 g/mol. The molecule has 23 heavy (non-hydrogen) atoms. The zero-order valence-corrected chi connectivity index (χ0v) is 12.4. The van der Waals surface area contributed by atoms with Crippen molar-refractivity contribution in [3.8, 4) is 0 Å². The Morgan fingerprint density at radius 2 is 2.00 bits per heavy atom. The first kappa shape index (κ1) is 16.4. The van der Waals surface area contributed by atoms with Gasteiger partial charge >= 0.3 is 5.97 Å². The summed E-state index contributed by atoms with van der Waals surface area (Å²) in [5.74, 6) is -2.75. The number of nitrogens with zero attached hydrogens (tertiary/aromatic N) is 2. The average Bonchev–Trinajstić information content (AvgIpc) is 2.98. The van der Waals surface area contributed by atoms with E-state index in [0.717, 1.165) is 11.6 Å². The fourth-order valence-corrected chi connectivity index (χ4v) is 1.90. The molecule has 0 saturated carbocycles. The Morgan fingerprint density at radius 3 is 2.65 bits per heavy atom. The maximum Gasteiger partial charge on any atom is 0.379 e. The molecule has 0 bridgehead atoms. The first-order valence-corrected chi connectivity index (χ1v) is 6.89. The minimum atomic E-state index is -1.04. The molecule has 6 nitrogen and oxygen atoms in total. The van der Waals surface area contributed by atoms with Gasteiger partial charge < -0.3 is 9.84 Å². The maximum atomic E-state index is 12.9. The van der Waals surface area contributed by atoms with Crippen LogP contribution < -0.4 is 0 Å². The molecule has 0 aliphatic carbocycles. The standard InChI is InChI=1S/C16H15FN2O4/c1-2-23-16(22)15(21)9-14(20)13-7-8-18-19(13)10-11-3-5-12(17)6-4-11/h3-9,20H,2,10H2,1H3. The summed E-state index contributed by atoms with van der Waals surface area (Å²) in [7, 11) is 0. The number of hydrogen-bond acceptors (Lipinski definition) is 5. The summed E-state index contributed by atoms with van der Waals surface area (Å²) in [6.45, 7) is 1.92. The lowest BCUT2D eigenvalue weighted by molar-refractivity contribution is -0.151. The molecule has 0 aliphatic heterocycles. The summed E-state index contributed by atoms with van der Waals surface area (Å²) in [4.78, 5) is 22.8. The summed E-state index contributed by atoms with van der Waals surface area (Å²) in [5, 5.41) is 14.0. The highest BCUT2D eigenvalue weighted by Gasteiger charge is 2.15. The van der Waals surface area contributed by atoms with Crippen molar-refractivity contribution >= 4 is 17.5 Å². The number of halogens is 1. The number of benzene rings is 1. The van der Waals surface area contributed by atoms with Crippen molar-refractivity contribution < 1.29 is 23.8 Å². The quantitative estimate of drug-likeness (QED) is 0.382. The van der Waals surface area contributed by atoms with Crippen LogP contribution in [0.2, 0.25) is 0 Å². The van der Waals surface area contributed by atoms with Gasteiger partial charge in [0.05, 0.1) is 13.2 Å². The predicted molar refractivity (Wildman–Crippen MR) is 80.0 cm³/mol. The van der Waals surface area contributed by atoms with E-state index in [-0.39, 0.29) is 24.7 Å². The topological polar surface area (TPSA) is 81.4 Å². The molecule has 0 aliphatic rings. The molecule has 2 rings (SSSR count). The summed E-state index contributed by atoms with van der Waals surface area (Å²) in [6, 6.07) is 7.31. The highest BCUT2D eigenvalue weighted by molar-refractivity contribution is 6.39.